The Hall–Kier alpha value is -1.90. The van der Waals surface area contributed by atoms with Crippen LogP contribution in [0.4, 0.5) is 14.5 Å². The fraction of sp³-hybridized carbons (Fsp3) is 0.0714. The molecule has 0 aliphatic carbocycles. The van der Waals surface area contributed by atoms with Gasteiger partial charge in [0.25, 0.3) is 0 Å². The van der Waals surface area contributed by atoms with Crippen molar-refractivity contribution >= 4 is 34.1 Å². The van der Waals surface area contributed by atoms with E-state index in [-0.39, 0.29) is 5.75 Å². The molecule has 0 aliphatic heterocycles. The Balaban J connectivity index is 2.30. The number of ether oxygens (including phenoxy) is 1. The molecule has 0 amide bonds. The highest BCUT2D eigenvalue weighted by molar-refractivity contribution is 14.1. The van der Waals surface area contributed by atoms with Crippen molar-refractivity contribution in [1.82, 2.24) is 0 Å². The summed E-state index contributed by atoms with van der Waals surface area (Å²) in [6, 6.07) is 13.8. The van der Waals surface area contributed by atoms with Gasteiger partial charge in [0.1, 0.15) is 5.75 Å². The van der Waals surface area contributed by atoms with Gasteiger partial charge < -0.3 is 15.9 Å². The van der Waals surface area contributed by atoms with Gasteiger partial charge in [-0.25, -0.2) is 0 Å². The van der Waals surface area contributed by atoms with Gasteiger partial charge in [-0.3, -0.25) is 0 Å². The minimum absolute atomic E-state index is 0.0274. The molecule has 0 aromatic heterocycles. The number of hydrazone groups is 1. The van der Waals surface area contributed by atoms with Crippen LogP contribution in [0.2, 0.25) is 0 Å². The van der Waals surface area contributed by atoms with Crippen LogP contribution in [0.15, 0.2) is 53.6 Å². The van der Waals surface area contributed by atoms with Gasteiger partial charge in [-0.05, 0) is 40.8 Å². The lowest BCUT2D eigenvalue weighted by Gasteiger charge is -2.14. The molecule has 3 N–H and O–H groups in total. The summed E-state index contributed by atoms with van der Waals surface area (Å²) in [6.45, 7) is -2.90. The number of alkyl halides is 2. The van der Waals surface area contributed by atoms with Gasteiger partial charge in [0, 0.05) is 9.13 Å². The number of para-hydroxylation sites is 2. The average molecular weight is 403 g/mol. The zero-order valence-corrected chi connectivity index (χ0v) is 12.9. The lowest BCUT2D eigenvalue weighted by molar-refractivity contribution is -0.0493. The van der Waals surface area contributed by atoms with Crippen LogP contribution < -0.4 is 15.9 Å². The maximum absolute atomic E-state index is 12.4. The van der Waals surface area contributed by atoms with Crippen LogP contribution in [0.25, 0.3) is 0 Å². The average Bonchev–Trinajstić information content (AvgIpc) is 2.47. The molecule has 4 nitrogen and oxygen atoms in total. The van der Waals surface area contributed by atoms with Crippen LogP contribution in [0, 0.1) is 3.57 Å². The lowest BCUT2D eigenvalue weighted by atomic mass is 10.2. The Bertz CT molecular complexity index is 650. The van der Waals surface area contributed by atoms with Crippen molar-refractivity contribution in [3.05, 3.63) is 57.7 Å². The number of nitrogens with two attached hydrogens (primary N) is 1. The number of anilines is 1. The smallest absolute Gasteiger partial charge is 0.387 e. The van der Waals surface area contributed by atoms with Crippen molar-refractivity contribution in [1.29, 1.82) is 0 Å². The van der Waals surface area contributed by atoms with E-state index >= 15 is 0 Å². The summed E-state index contributed by atoms with van der Waals surface area (Å²) in [7, 11) is 0. The molecule has 0 fully saturated rings. The highest BCUT2D eigenvalue weighted by Crippen LogP contribution is 2.26. The largest absolute Gasteiger partial charge is 0.433 e. The van der Waals surface area contributed by atoms with E-state index in [0.717, 1.165) is 9.13 Å². The molecule has 0 unspecified atom stereocenters. The summed E-state index contributed by atoms with van der Waals surface area (Å²) in [5.74, 6) is 5.80. The third-order valence-electron chi connectivity index (χ3n) is 2.61. The lowest BCUT2D eigenvalue weighted by Crippen LogP contribution is -2.18. The van der Waals surface area contributed by atoms with E-state index in [0.29, 0.717) is 11.5 Å². The second kappa shape index (κ2) is 7.21. The number of amidine groups is 1. The topological polar surface area (TPSA) is 59.6 Å². The third-order valence-corrected chi connectivity index (χ3v) is 3.55. The van der Waals surface area contributed by atoms with Crippen LogP contribution in [0.1, 0.15) is 5.56 Å². The van der Waals surface area contributed by atoms with Crippen molar-refractivity contribution in [3.63, 3.8) is 0 Å². The van der Waals surface area contributed by atoms with Gasteiger partial charge in [0.05, 0.1) is 5.69 Å². The first kappa shape index (κ1) is 15.5. The normalized spacial score (nSPS) is 11.5. The number of rotatable bonds is 4. The van der Waals surface area contributed by atoms with Crippen LogP contribution in [0.3, 0.4) is 0 Å². The number of nitrogens with one attached hydrogen (secondary N) is 1. The molecule has 0 spiro atoms. The molecule has 2 rings (SSSR count). The summed E-state index contributed by atoms with van der Waals surface area (Å²) in [5.41, 5.74) is 1.13. The van der Waals surface area contributed by atoms with E-state index in [1.807, 2.05) is 24.3 Å². The molecule has 2 aromatic carbocycles. The van der Waals surface area contributed by atoms with Crippen LogP contribution >= 0.6 is 22.6 Å². The number of halogens is 3. The first-order valence-electron chi connectivity index (χ1n) is 5.95. The maximum atomic E-state index is 12.4. The minimum Gasteiger partial charge on any atom is -0.433 e. The quantitative estimate of drug-likeness (QED) is 0.270. The second-order valence-electron chi connectivity index (χ2n) is 3.96. The molecule has 7 heteroatoms. The van der Waals surface area contributed by atoms with Gasteiger partial charge in [-0.1, -0.05) is 30.3 Å². The molecule has 110 valence electrons. The van der Waals surface area contributed by atoms with Crippen molar-refractivity contribution in [2.24, 2.45) is 10.9 Å². The standard InChI is InChI=1S/C14H12F2IN3O/c15-14(16)21-12-8-4-3-7-11(12)19-13(20-18)9-5-1-2-6-10(9)17/h1-8,14H,18H2,(H,19,20). The molecule has 0 aliphatic rings. The zero-order chi connectivity index (χ0) is 15.2. The number of hydrogen-bond acceptors (Lipinski definition) is 3. The van der Waals surface area contributed by atoms with E-state index in [4.69, 9.17) is 5.84 Å². The summed E-state index contributed by atoms with van der Waals surface area (Å²) < 4.78 is 30.2. The van der Waals surface area contributed by atoms with E-state index in [2.05, 4.69) is 37.7 Å². The number of hydrogen-bond donors (Lipinski definition) is 2. The van der Waals surface area contributed by atoms with Gasteiger partial charge in [-0.2, -0.15) is 13.9 Å². The summed E-state index contributed by atoms with van der Waals surface area (Å²) in [6.07, 6.45) is 0. The second-order valence-corrected chi connectivity index (χ2v) is 5.12. The predicted octanol–water partition coefficient (Wildman–Crippen LogP) is 3.63. The summed E-state index contributed by atoms with van der Waals surface area (Å²) >= 11 is 2.14. The zero-order valence-electron chi connectivity index (χ0n) is 10.8. The van der Waals surface area contributed by atoms with Crippen LogP contribution in [-0.4, -0.2) is 12.4 Å². The Morgan fingerprint density at radius 3 is 2.48 bits per heavy atom. The highest BCUT2D eigenvalue weighted by Gasteiger charge is 2.13. The first-order valence-corrected chi connectivity index (χ1v) is 7.03. The Morgan fingerprint density at radius 1 is 1.14 bits per heavy atom. The van der Waals surface area contributed by atoms with Gasteiger partial charge >= 0.3 is 6.61 Å². The molecular weight excluding hydrogens is 391 g/mol. The van der Waals surface area contributed by atoms with Gasteiger partial charge in [-0.15, -0.1) is 0 Å². The first-order chi connectivity index (χ1) is 10.1. The molecule has 0 saturated heterocycles. The van der Waals surface area contributed by atoms with Crippen molar-refractivity contribution in [2.45, 2.75) is 6.61 Å². The van der Waals surface area contributed by atoms with E-state index in [9.17, 15) is 8.78 Å². The number of benzene rings is 2. The Morgan fingerprint density at radius 2 is 1.81 bits per heavy atom. The van der Waals surface area contributed by atoms with E-state index in [1.54, 1.807) is 18.2 Å². The van der Waals surface area contributed by atoms with Crippen LogP contribution in [0.5, 0.6) is 5.75 Å². The molecule has 0 bridgehead atoms. The summed E-state index contributed by atoms with van der Waals surface area (Å²) in [5, 5.41) is 6.61. The van der Waals surface area contributed by atoms with Crippen LogP contribution in [-0.2, 0) is 0 Å². The van der Waals surface area contributed by atoms with E-state index in [1.165, 1.54) is 6.07 Å². The molecule has 0 saturated carbocycles. The Kier molecular flexibility index (Phi) is 5.32. The molecule has 0 heterocycles. The SMILES string of the molecule is N/N=C(\Nc1ccccc1OC(F)F)c1ccccc1I. The maximum Gasteiger partial charge on any atom is 0.387 e. The molecule has 21 heavy (non-hydrogen) atoms. The summed E-state index contributed by atoms with van der Waals surface area (Å²) in [4.78, 5) is 0. The minimum atomic E-state index is -2.90. The predicted molar refractivity (Wildman–Crippen MR) is 86.6 cm³/mol. The fourth-order valence-electron chi connectivity index (χ4n) is 1.72. The van der Waals surface area contributed by atoms with Gasteiger partial charge in [0.15, 0.2) is 5.84 Å². The molecule has 0 atom stereocenters. The fourth-order valence-corrected chi connectivity index (χ4v) is 2.36. The van der Waals surface area contributed by atoms with Crippen molar-refractivity contribution in [2.75, 3.05) is 5.32 Å². The third kappa shape index (κ3) is 4.03. The van der Waals surface area contributed by atoms with Crippen molar-refractivity contribution < 1.29 is 13.5 Å². The highest BCUT2D eigenvalue weighted by atomic mass is 127. The monoisotopic (exact) mass is 403 g/mol. The molecule has 2 aromatic rings. The van der Waals surface area contributed by atoms with Gasteiger partial charge in [0.2, 0.25) is 0 Å². The molecule has 0 radical (unpaired) electrons. The Labute approximate surface area is 134 Å². The molecular formula is C14H12F2IN3O. The van der Waals surface area contributed by atoms with E-state index < -0.39 is 6.61 Å². The number of nitrogens with zero attached hydrogens (tertiary/aromatic N) is 1. The van der Waals surface area contributed by atoms with Crippen molar-refractivity contribution in [3.8, 4) is 5.75 Å².